The highest BCUT2D eigenvalue weighted by Gasteiger charge is 2.22. The van der Waals surface area contributed by atoms with E-state index in [4.69, 9.17) is 9.47 Å². The Morgan fingerprint density at radius 2 is 1.76 bits per heavy atom. The van der Waals surface area contributed by atoms with E-state index in [0.717, 1.165) is 27.5 Å². The third-order valence-electron chi connectivity index (χ3n) is 4.50. The fraction of sp³-hybridized carbons (Fsp3) is 0.0952. The molecule has 124 valence electrons. The molecule has 0 saturated heterocycles. The Labute approximate surface area is 144 Å². The summed E-state index contributed by atoms with van der Waals surface area (Å²) in [5.41, 5.74) is 3.20. The van der Waals surface area contributed by atoms with Crippen molar-refractivity contribution in [1.82, 2.24) is 0 Å². The second-order valence-corrected chi connectivity index (χ2v) is 5.89. The predicted molar refractivity (Wildman–Crippen MR) is 97.4 cm³/mol. The second-order valence-electron chi connectivity index (χ2n) is 5.89. The lowest BCUT2D eigenvalue weighted by molar-refractivity contribution is 0.0981. The van der Waals surface area contributed by atoms with Crippen LogP contribution in [0.5, 0.6) is 11.5 Å². The van der Waals surface area contributed by atoms with E-state index in [-0.39, 0.29) is 11.5 Å². The van der Waals surface area contributed by atoms with Gasteiger partial charge in [-0.1, -0.05) is 18.2 Å². The summed E-state index contributed by atoms with van der Waals surface area (Å²) < 4.78 is 10.8. The van der Waals surface area contributed by atoms with Crippen LogP contribution in [0.1, 0.15) is 15.9 Å². The Morgan fingerprint density at radius 3 is 2.52 bits per heavy atom. The molecule has 1 aliphatic rings. The van der Waals surface area contributed by atoms with Crippen LogP contribution >= 0.6 is 0 Å². The molecule has 0 fully saturated rings. The summed E-state index contributed by atoms with van der Waals surface area (Å²) in [6.07, 6.45) is 1.52. The Balaban J connectivity index is 1.99. The van der Waals surface area contributed by atoms with Crippen molar-refractivity contribution in [2.45, 2.75) is 0 Å². The smallest absolute Gasteiger partial charge is 0.227 e. The lowest BCUT2D eigenvalue weighted by atomic mass is 9.88. The zero-order valence-corrected chi connectivity index (χ0v) is 13.9. The molecule has 1 aliphatic carbocycles. The molecule has 0 aliphatic heterocycles. The Hall–Kier alpha value is -3.27. The van der Waals surface area contributed by atoms with E-state index in [1.165, 1.54) is 6.08 Å². The van der Waals surface area contributed by atoms with E-state index in [9.17, 15) is 9.90 Å². The van der Waals surface area contributed by atoms with Crippen LogP contribution < -0.4 is 9.47 Å². The van der Waals surface area contributed by atoms with Crippen LogP contribution in [0, 0.1) is 0 Å². The first-order valence-electron chi connectivity index (χ1n) is 7.87. The minimum Gasteiger partial charge on any atom is -0.504 e. The van der Waals surface area contributed by atoms with Gasteiger partial charge in [-0.15, -0.1) is 0 Å². The van der Waals surface area contributed by atoms with Crippen LogP contribution in [0.2, 0.25) is 0 Å². The van der Waals surface area contributed by atoms with E-state index in [0.29, 0.717) is 17.1 Å². The van der Waals surface area contributed by atoms with Gasteiger partial charge in [0.1, 0.15) is 11.5 Å². The first-order valence-corrected chi connectivity index (χ1v) is 7.87. The quantitative estimate of drug-likeness (QED) is 0.760. The number of aliphatic hydroxyl groups is 1. The molecule has 3 aromatic carbocycles. The molecule has 0 atom stereocenters. The van der Waals surface area contributed by atoms with Crippen LogP contribution in [0.4, 0.5) is 0 Å². The standard InChI is InChI=1S/C21H16O4/c1-24-15-6-7-16(19(11-15)25-2)13-8-12-4-3-5-17-20(12)14(9-13)10-18(22)21(17)23/h3-11,22H,1-2H3. The normalized spacial score (nSPS) is 12.9. The van der Waals surface area contributed by atoms with Crippen LogP contribution in [-0.4, -0.2) is 25.1 Å². The van der Waals surface area contributed by atoms with Crippen molar-refractivity contribution < 1.29 is 19.4 Å². The monoisotopic (exact) mass is 332 g/mol. The van der Waals surface area contributed by atoms with Crippen molar-refractivity contribution in [2.24, 2.45) is 0 Å². The minimum atomic E-state index is -0.340. The summed E-state index contributed by atoms with van der Waals surface area (Å²) in [5.74, 6) is 0.835. The van der Waals surface area contributed by atoms with Crippen molar-refractivity contribution in [3.63, 3.8) is 0 Å². The lowest BCUT2D eigenvalue weighted by Gasteiger charge is -2.17. The average molecular weight is 332 g/mol. The number of Topliss-reactive ketones (excluding diaryl/α,β-unsaturated/α-hetero) is 1. The number of methoxy groups -OCH3 is 2. The number of aliphatic hydroxyl groups excluding tert-OH is 1. The van der Waals surface area contributed by atoms with E-state index < -0.39 is 0 Å². The van der Waals surface area contributed by atoms with Crippen LogP contribution in [-0.2, 0) is 0 Å². The largest absolute Gasteiger partial charge is 0.504 e. The molecule has 4 rings (SSSR count). The van der Waals surface area contributed by atoms with Gasteiger partial charge in [0.2, 0.25) is 5.78 Å². The highest BCUT2D eigenvalue weighted by Crippen LogP contribution is 2.38. The second kappa shape index (κ2) is 5.67. The number of carbonyl (C=O) groups is 1. The zero-order valence-electron chi connectivity index (χ0n) is 13.9. The van der Waals surface area contributed by atoms with Gasteiger partial charge >= 0.3 is 0 Å². The van der Waals surface area contributed by atoms with Gasteiger partial charge in [-0.2, -0.15) is 0 Å². The fourth-order valence-corrected chi connectivity index (χ4v) is 3.31. The van der Waals surface area contributed by atoms with Gasteiger partial charge in [-0.3, -0.25) is 4.79 Å². The number of hydrogen-bond donors (Lipinski definition) is 1. The number of carbonyl (C=O) groups excluding carboxylic acids is 1. The highest BCUT2D eigenvalue weighted by molar-refractivity contribution is 6.22. The summed E-state index contributed by atoms with van der Waals surface area (Å²) in [5, 5.41) is 11.8. The van der Waals surface area contributed by atoms with Crippen molar-refractivity contribution >= 4 is 22.6 Å². The van der Waals surface area contributed by atoms with Gasteiger partial charge in [-0.25, -0.2) is 0 Å². The Morgan fingerprint density at radius 1 is 0.920 bits per heavy atom. The number of hydrogen-bond acceptors (Lipinski definition) is 4. The maximum Gasteiger partial charge on any atom is 0.227 e. The minimum absolute atomic E-state index is 0.237. The van der Waals surface area contributed by atoms with Gasteiger partial charge in [0.25, 0.3) is 0 Å². The summed E-state index contributed by atoms with van der Waals surface area (Å²) in [4.78, 5) is 12.2. The Bertz CT molecular complexity index is 1050. The molecule has 1 N–H and O–H groups in total. The van der Waals surface area contributed by atoms with Gasteiger partial charge in [0, 0.05) is 22.6 Å². The number of rotatable bonds is 3. The van der Waals surface area contributed by atoms with Crippen LogP contribution in [0.15, 0.2) is 54.3 Å². The summed E-state index contributed by atoms with van der Waals surface area (Å²) in [6, 6.07) is 15.2. The summed E-state index contributed by atoms with van der Waals surface area (Å²) >= 11 is 0. The van der Waals surface area contributed by atoms with Gasteiger partial charge in [0.15, 0.2) is 5.76 Å². The third-order valence-corrected chi connectivity index (χ3v) is 4.50. The van der Waals surface area contributed by atoms with Crippen molar-refractivity contribution in [3.8, 4) is 22.6 Å². The van der Waals surface area contributed by atoms with E-state index in [1.807, 2.05) is 42.5 Å². The summed E-state index contributed by atoms with van der Waals surface area (Å²) in [7, 11) is 3.23. The van der Waals surface area contributed by atoms with E-state index in [1.54, 1.807) is 20.3 Å². The molecule has 0 amide bonds. The lowest BCUT2D eigenvalue weighted by Crippen LogP contribution is -2.08. The van der Waals surface area contributed by atoms with Crippen LogP contribution in [0.3, 0.4) is 0 Å². The average Bonchev–Trinajstić information content (AvgIpc) is 2.65. The third kappa shape index (κ3) is 2.34. The molecule has 0 unspecified atom stereocenters. The maximum absolute atomic E-state index is 12.2. The number of ether oxygens (including phenoxy) is 2. The predicted octanol–water partition coefficient (Wildman–Crippen LogP) is 4.62. The molecule has 3 aromatic rings. The van der Waals surface area contributed by atoms with Crippen molar-refractivity contribution in [1.29, 1.82) is 0 Å². The summed E-state index contributed by atoms with van der Waals surface area (Å²) in [6.45, 7) is 0. The molecule has 0 aromatic heterocycles. The molecular formula is C21H16O4. The molecule has 0 radical (unpaired) electrons. The van der Waals surface area contributed by atoms with Crippen LogP contribution in [0.25, 0.3) is 28.0 Å². The van der Waals surface area contributed by atoms with Crippen molar-refractivity contribution in [3.05, 3.63) is 65.4 Å². The SMILES string of the molecule is COc1ccc(-c2cc3c4c(cccc4c2)C(=O)C(O)=C3)c(OC)c1. The van der Waals surface area contributed by atoms with E-state index >= 15 is 0 Å². The molecular weight excluding hydrogens is 316 g/mol. The van der Waals surface area contributed by atoms with Gasteiger partial charge < -0.3 is 14.6 Å². The molecule has 25 heavy (non-hydrogen) atoms. The molecule has 4 nitrogen and oxygen atoms in total. The van der Waals surface area contributed by atoms with Gasteiger partial charge in [-0.05, 0) is 46.9 Å². The topological polar surface area (TPSA) is 55.8 Å². The molecule has 4 heteroatoms. The molecule has 0 heterocycles. The molecule has 0 bridgehead atoms. The number of ketones is 1. The fourth-order valence-electron chi connectivity index (χ4n) is 3.31. The zero-order chi connectivity index (χ0) is 17.6. The van der Waals surface area contributed by atoms with E-state index in [2.05, 4.69) is 0 Å². The Kier molecular flexibility index (Phi) is 3.46. The highest BCUT2D eigenvalue weighted by atomic mass is 16.5. The maximum atomic E-state index is 12.2. The van der Waals surface area contributed by atoms with Gasteiger partial charge in [0.05, 0.1) is 14.2 Å². The first-order chi connectivity index (χ1) is 12.1. The first kappa shape index (κ1) is 15.3. The molecule has 0 spiro atoms. The molecule has 0 saturated carbocycles. The van der Waals surface area contributed by atoms with Crippen molar-refractivity contribution in [2.75, 3.05) is 14.2 Å². The number of benzene rings is 3. The number of allylic oxidation sites excluding steroid dienone is 1.